The molecule has 148 valence electrons. The summed E-state index contributed by atoms with van der Waals surface area (Å²) in [6, 6.07) is 1.97. The third kappa shape index (κ3) is 4.47. The van der Waals surface area contributed by atoms with E-state index in [4.69, 9.17) is 14.8 Å². The normalized spacial score (nSPS) is 14.7. The molecule has 1 amide bonds. The molecule has 2 aromatic heterocycles. The number of fused-ring (bicyclic) bond motifs is 1. The van der Waals surface area contributed by atoms with Gasteiger partial charge >= 0.3 is 0 Å². The number of methoxy groups -OCH3 is 1. The molecular weight excluding hydrogens is 342 g/mol. The minimum absolute atomic E-state index is 0.0607. The topological polar surface area (TPSA) is 81.1 Å². The number of nitrogens with one attached hydrogen (secondary N) is 2. The number of ether oxygens (including phenoxy) is 1. The van der Waals surface area contributed by atoms with Gasteiger partial charge < -0.3 is 15.4 Å². The van der Waals surface area contributed by atoms with Crippen molar-refractivity contribution >= 4 is 16.9 Å². The molecule has 2 aromatic rings. The highest BCUT2D eigenvalue weighted by Gasteiger charge is 2.30. The van der Waals surface area contributed by atoms with E-state index in [2.05, 4.69) is 31.4 Å². The zero-order chi connectivity index (χ0) is 19.6. The average molecular weight is 374 g/mol. The third-order valence-corrected chi connectivity index (χ3v) is 4.78. The standard InChI is InChI=1S/C20H31N5O2/c1-13-17-15(19(26)22-9-8-21-10-11-27-5)12-16(14-6-7-14)23-18(17)25(24-13)20(2,3)4/h12,14,21H,6-11H2,1-5H3,(H,22,26). The van der Waals surface area contributed by atoms with Gasteiger partial charge in [0.15, 0.2) is 5.65 Å². The van der Waals surface area contributed by atoms with E-state index >= 15 is 0 Å². The molecule has 0 atom stereocenters. The maximum Gasteiger partial charge on any atom is 0.252 e. The number of pyridine rings is 1. The fourth-order valence-corrected chi connectivity index (χ4v) is 3.20. The van der Waals surface area contributed by atoms with Crippen molar-refractivity contribution in [2.75, 3.05) is 33.4 Å². The Morgan fingerprint density at radius 2 is 2.04 bits per heavy atom. The number of nitrogens with zero attached hydrogens (tertiary/aromatic N) is 3. The highest BCUT2D eigenvalue weighted by molar-refractivity contribution is 6.06. The lowest BCUT2D eigenvalue weighted by Crippen LogP contribution is -2.33. The molecule has 2 heterocycles. The van der Waals surface area contributed by atoms with Crippen molar-refractivity contribution in [3.8, 4) is 0 Å². The van der Waals surface area contributed by atoms with Crippen LogP contribution in [0.15, 0.2) is 6.07 Å². The monoisotopic (exact) mass is 373 g/mol. The predicted molar refractivity (Wildman–Crippen MR) is 106 cm³/mol. The van der Waals surface area contributed by atoms with Crippen LogP contribution in [0.1, 0.15) is 61.3 Å². The first-order valence-corrected chi connectivity index (χ1v) is 9.71. The van der Waals surface area contributed by atoms with Crippen molar-refractivity contribution in [3.05, 3.63) is 23.0 Å². The molecule has 0 spiro atoms. The molecule has 3 rings (SSSR count). The minimum Gasteiger partial charge on any atom is -0.383 e. The second-order valence-corrected chi connectivity index (χ2v) is 8.23. The maximum absolute atomic E-state index is 12.9. The summed E-state index contributed by atoms with van der Waals surface area (Å²) in [5.74, 6) is 0.412. The van der Waals surface area contributed by atoms with Crippen molar-refractivity contribution in [3.63, 3.8) is 0 Å². The van der Waals surface area contributed by atoms with Gasteiger partial charge in [-0.25, -0.2) is 9.67 Å². The van der Waals surface area contributed by atoms with Gasteiger partial charge in [0, 0.05) is 38.4 Å². The molecule has 1 aliphatic carbocycles. The molecule has 1 saturated carbocycles. The fourth-order valence-electron chi connectivity index (χ4n) is 3.20. The molecule has 0 aromatic carbocycles. The summed E-state index contributed by atoms with van der Waals surface area (Å²) < 4.78 is 6.96. The number of hydrogen-bond acceptors (Lipinski definition) is 5. The number of aromatic nitrogens is 3. The van der Waals surface area contributed by atoms with Crippen molar-refractivity contribution in [2.24, 2.45) is 0 Å². The Balaban J connectivity index is 1.87. The summed E-state index contributed by atoms with van der Waals surface area (Å²) in [6.07, 6.45) is 2.29. The molecule has 1 fully saturated rings. The van der Waals surface area contributed by atoms with E-state index < -0.39 is 0 Å². The number of amides is 1. The lowest BCUT2D eigenvalue weighted by molar-refractivity contribution is 0.0955. The van der Waals surface area contributed by atoms with Crippen LogP contribution in [0.3, 0.4) is 0 Å². The van der Waals surface area contributed by atoms with Gasteiger partial charge in [-0.1, -0.05) is 0 Å². The van der Waals surface area contributed by atoms with Gasteiger partial charge in [-0.2, -0.15) is 5.10 Å². The van der Waals surface area contributed by atoms with E-state index in [-0.39, 0.29) is 11.4 Å². The molecule has 0 bridgehead atoms. The van der Waals surface area contributed by atoms with Gasteiger partial charge in [-0.3, -0.25) is 4.79 Å². The summed E-state index contributed by atoms with van der Waals surface area (Å²) in [6.45, 7) is 11.0. The Kier molecular flexibility index (Phi) is 5.81. The Bertz CT molecular complexity index is 818. The minimum atomic E-state index is -0.194. The molecule has 1 aliphatic rings. The van der Waals surface area contributed by atoms with E-state index in [9.17, 15) is 4.79 Å². The highest BCUT2D eigenvalue weighted by atomic mass is 16.5. The predicted octanol–water partition coefficient (Wildman–Crippen LogP) is 2.34. The number of carbonyl (C=O) groups excluding carboxylic acids is 1. The molecular formula is C20H31N5O2. The van der Waals surface area contributed by atoms with Crippen LogP contribution in [0, 0.1) is 6.92 Å². The quantitative estimate of drug-likeness (QED) is 0.694. The molecule has 27 heavy (non-hydrogen) atoms. The maximum atomic E-state index is 12.9. The SMILES string of the molecule is COCCNCCNC(=O)c1cc(C2CC2)nc2c1c(C)nn2C(C)(C)C. The zero-order valence-corrected chi connectivity index (χ0v) is 17.1. The summed E-state index contributed by atoms with van der Waals surface area (Å²) in [5, 5.41) is 11.8. The molecule has 7 nitrogen and oxygen atoms in total. The Labute approximate surface area is 160 Å². The van der Waals surface area contributed by atoms with Gasteiger partial charge in [0.05, 0.1) is 28.8 Å². The van der Waals surface area contributed by atoms with Crippen LogP contribution in [0.2, 0.25) is 0 Å². The Morgan fingerprint density at radius 1 is 1.30 bits per heavy atom. The van der Waals surface area contributed by atoms with E-state index in [1.165, 1.54) is 0 Å². The first-order valence-electron chi connectivity index (χ1n) is 9.71. The zero-order valence-electron chi connectivity index (χ0n) is 17.1. The van der Waals surface area contributed by atoms with Crippen LogP contribution in [0.5, 0.6) is 0 Å². The second-order valence-electron chi connectivity index (χ2n) is 8.23. The van der Waals surface area contributed by atoms with Crippen molar-refractivity contribution in [1.29, 1.82) is 0 Å². The van der Waals surface area contributed by atoms with Crippen molar-refractivity contribution in [2.45, 2.75) is 52.0 Å². The van der Waals surface area contributed by atoms with Crippen molar-refractivity contribution in [1.82, 2.24) is 25.4 Å². The van der Waals surface area contributed by atoms with Gasteiger partial charge in [-0.05, 0) is 46.6 Å². The molecule has 7 heteroatoms. The number of carbonyl (C=O) groups is 1. The third-order valence-electron chi connectivity index (χ3n) is 4.78. The van der Waals surface area contributed by atoms with Crippen LogP contribution in [-0.2, 0) is 10.3 Å². The largest absolute Gasteiger partial charge is 0.383 e. The first kappa shape index (κ1) is 19.8. The first-order chi connectivity index (χ1) is 12.8. The van der Waals surface area contributed by atoms with Crippen LogP contribution < -0.4 is 10.6 Å². The molecule has 0 aliphatic heterocycles. The fraction of sp³-hybridized carbons (Fsp3) is 0.650. The number of rotatable bonds is 8. The van der Waals surface area contributed by atoms with E-state index in [0.717, 1.165) is 41.8 Å². The van der Waals surface area contributed by atoms with E-state index in [1.54, 1.807) is 7.11 Å². The van der Waals surface area contributed by atoms with Crippen LogP contribution >= 0.6 is 0 Å². The van der Waals surface area contributed by atoms with Crippen LogP contribution in [-0.4, -0.2) is 54.0 Å². The van der Waals surface area contributed by atoms with Gasteiger partial charge in [0.25, 0.3) is 5.91 Å². The van der Waals surface area contributed by atoms with E-state index in [1.807, 2.05) is 17.7 Å². The highest BCUT2D eigenvalue weighted by Crippen LogP contribution is 2.40. The summed E-state index contributed by atoms with van der Waals surface area (Å²) in [5.41, 5.74) is 3.16. The summed E-state index contributed by atoms with van der Waals surface area (Å²) in [4.78, 5) is 17.8. The lowest BCUT2D eigenvalue weighted by atomic mass is 10.1. The summed E-state index contributed by atoms with van der Waals surface area (Å²) >= 11 is 0. The Hall–Kier alpha value is -1.99. The molecule has 0 radical (unpaired) electrons. The average Bonchev–Trinajstić information content (AvgIpc) is 3.40. The Morgan fingerprint density at radius 3 is 2.67 bits per heavy atom. The molecule has 2 N–H and O–H groups in total. The van der Waals surface area contributed by atoms with Gasteiger partial charge in [0.2, 0.25) is 0 Å². The number of hydrogen-bond donors (Lipinski definition) is 2. The van der Waals surface area contributed by atoms with E-state index in [0.29, 0.717) is 31.2 Å². The van der Waals surface area contributed by atoms with Gasteiger partial charge in [-0.15, -0.1) is 0 Å². The van der Waals surface area contributed by atoms with Crippen LogP contribution in [0.4, 0.5) is 0 Å². The van der Waals surface area contributed by atoms with Gasteiger partial charge in [0.1, 0.15) is 0 Å². The van der Waals surface area contributed by atoms with Crippen LogP contribution in [0.25, 0.3) is 11.0 Å². The van der Waals surface area contributed by atoms with Crippen molar-refractivity contribution < 1.29 is 9.53 Å². The smallest absolute Gasteiger partial charge is 0.252 e. The second kappa shape index (κ2) is 7.94. The number of aryl methyl sites for hydroxylation is 1. The molecule has 0 saturated heterocycles. The lowest BCUT2D eigenvalue weighted by Gasteiger charge is -2.20. The molecule has 0 unspecified atom stereocenters. The summed E-state index contributed by atoms with van der Waals surface area (Å²) in [7, 11) is 1.68.